The molecule has 3 heteroatoms. The second-order valence-corrected chi connectivity index (χ2v) is 5.17. The van der Waals surface area contributed by atoms with Crippen LogP contribution in [0.5, 0.6) is 0 Å². The van der Waals surface area contributed by atoms with Gasteiger partial charge in [-0.3, -0.25) is 4.90 Å². The standard InChI is InChI=1S/C12H21NO2/c1-5-15-11(14)7-6-10-8-13(10)9-12(2,3)4/h6-7,10H,5,8-9H2,1-4H3/b7-6+. The van der Waals surface area contributed by atoms with Crippen molar-refractivity contribution in [1.29, 1.82) is 0 Å². The zero-order valence-electron chi connectivity index (χ0n) is 10.1. The summed E-state index contributed by atoms with van der Waals surface area (Å²) < 4.78 is 4.81. The molecule has 0 aromatic heterocycles. The first kappa shape index (κ1) is 12.2. The fourth-order valence-electron chi connectivity index (χ4n) is 1.55. The van der Waals surface area contributed by atoms with Gasteiger partial charge < -0.3 is 4.74 Å². The zero-order valence-corrected chi connectivity index (χ0v) is 10.1. The fourth-order valence-corrected chi connectivity index (χ4v) is 1.55. The lowest BCUT2D eigenvalue weighted by Crippen LogP contribution is -2.19. The molecule has 0 aromatic rings. The van der Waals surface area contributed by atoms with Crippen LogP contribution < -0.4 is 0 Å². The first-order valence-corrected chi connectivity index (χ1v) is 5.51. The largest absolute Gasteiger partial charge is 0.463 e. The minimum atomic E-state index is -0.236. The lowest BCUT2D eigenvalue weighted by atomic mass is 9.97. The number of nitrogens with zero attached hydrogens (tertiary/aromatic N) is 1. The molecular weight excluding hydrogens is 190 g/mol. The van der Waals surface area contributed by atoms with E-state index in [-0.39, 0.29) is 5.97 Å². The predicted molar refractivity (Wildman–Crippen MR) is 60.6 cm³/mol. The van der Waals surface area contributed by atoms with E-state index in [1.54, 1.807) is 0 Å². The van der Waals surface area contributed by atoms with E-state index in [1.807, 2.05) is 13.0 Å². The maximum atomic E-state index is 11.0. The number of rotatable bonds is 4. The highest BCUT2D eigenvalue weighted by atomic mass is 16.5. The van der Waals surface area contributed by atoms with Gasteiger partial charge in [0.2, 0.25) is 0 Å². The molecule has 0 saturated carbocycles. The maximum Gasteiger partial charge on any atom is 0.330 e. The Labute approximate surface area is 92.1 Å². The van der Waals surface area contributed by atoms with Gasteiger partial charge >= 0.3 is 5.97 Å². The average Bonchev–Trinajstić information content (AvgIpc) is 2.77. The van der Waals surface area contributed by atoms with Gasteiger partial charge in [-0.25, -0.2) is 4.79 Å². The number of carbonyl (C=O) groups is 1. The molecule has 0 N–H and O–H groups in total. The molecule has 0 spiro atoms. The minimum absolute atomic E-state index is 0.236. The van der Waals surface area contributed by atoms with Crippen molar-refractivity contribution < 1.29 is 9.53 Å². The van der Waals surface area contributed by atoms with E-state index < -0.39 is 0 Å². The molecule has 2 atom stereocenters. The van der Waals surface area contributed by atoms with E-state index in [2.05, 4.69) is 25.7 Å². The molecular formula is C12H21NO2. The van der Waals surface area contributed by atoms with Gasteiger partial charge in [-0.15, -0.1) is 0 Å². The molecule has 0 aromatic carbocycles. The second-order valence-electron chi connectivity index (χ2n) is 5.17. The number of hydrogen-bond donors (Lipinski definition) is 0. The van der Waals surface area contributed by atoms with Gasteiger partial charge in [0.1, 0.15) is 0 Å². The van der Waals surface area contributed by atoms with Crippen LogP contribution in [0, 0.1) is 5.41 Å². The van der Waals surface area contributed by atoms with Crippen molar-refractivity contribution in [2.24, 2.45) is 5.41 Å². The SMILES string of the molecule is CCOC(=O)/C=C/C1CN1CC(C)(C)C. The van der Waals surface area contributed by atoms with E-state index in [4.69, 9.17) is 4.74 Å². The summed E-state index contributed by atoms with van der Waals surface area (Å²) in [6, 6.07) is 0.439. The molecule has 1 rings (SSSR count). The van der Waals surface area contributed by atoms with Crippen molar-refractivity contribution in [2.75, 3.05) is 19.7 Å². The monoisotopic (exact) mass is 211 g/mol. The lowest BCUT2D eigenvalue weighted by molar-refractivity contribution is -0.137. The molecule has 0 bridgehead atoms. The van der Waals surface area contributed by atoms with Crippen LogP contribution in [0.1, 0.15) is 27.7 Å². The molecule has 1 heterocycles. The first-order chi connectivity index (χ1) is 6.92. The summed E-state index contributed by atoms with van der Waals surface area (Å²) >= 11 is 0. The summed E-state index contributed by atoms with van der Waals surface area (Å²) in [5, 5.41) is 0. The highest BCUT2D eigenvalue weighted by Gasteiger charge is 2.34. The average molecular weight is 211 g/mol. The van der Waals surface area contributed by atoms with E-state index in [0.717, 1.165) is 13.1 Å². The van der Waals surface area contributed by atoms with Gasteiger partial charge in [0.05, 0.1) is 6.61 Å². The van der Waals surface area contributed by atoms with Crippen molar-refractivity contribution in [3.63, 3.8) is 0 Å². The van der Waals surface area contributed by atoms with Gasteiger partial charge in [-0.2, -0.15) is 0 Å². The van der Waals surface area contributed by atoms with E-state index in [0.29, 0.717) is 18.1 Å². The van der Waals surface area contributed by atoms with Gasteiger partial charge in [0, 0.05) is 25.2 Å². The Bertz CT molecular complexity index is 253. The Kier molecular flexibility index (Phi) is 3.91. The van der Waals surface area contributed by atoms with E-state index >= 15 is 0 Å². The number of esters is 1. The van der Waals surface area contributed by atoms with E-state index in [9.17, 15) is 4.79 Å². The molecule has 86 valence electrons. The first-order valence-electron chi connectivity index (χ1n) is 5.51. The van der Waals surface area contributed by atoms with Crippen LogP contribution in [0.2, 0.25) is 0 Å². The summed E-state index contributed by atoms with van der Waals surface area (Å²) in [6.07, 6.45) is 3.47. The van der Waals surface area contributed by atoms with Crippen LogP contribution in [0.3, 0.4) is 0 Å². The third-order valence-corrected chi connectivity index (χ3v) is 2.18. The smallest absolute Gasteiger partial charge is 0.330 e. The molecule has 2 unspecified atom stereocenters. The van der Waals surface area contributed by atoms with Crippen LogP contribution >= 0.6 is 0 Å². The minimum Gasteiger partial charge on any atom is -0.463 e. The molecule has 0 amide bonds. The Balaban J connectivity index is 2.24. The highest BCUT2D eigenvalue weighted by Crippen LogP contribution is 2.25. The maximum absolute atomic E-state index is 11.0. The molecule has 15 heavy (non-hydrogen) atoms. The zero-order chi connectivity index (χ0) is 11.5. The van der Waals surface area contributed by atoms with Crippen molar-refractivity contribution in [3.05, 3.63) is 12.2 Å². The van der Waals surface area contributed by atoms with Gasteiger partial charge in [0.15, 0.2) is 0 Å². The number of ether oxygens (including phenoxy) is 1. The summed E-state index contributed by atoms with van der Waals surface area (Å²) in [5.41, 5.74) is 0.326. The molecule has 1 fully saturated rings. The van der Waals surface area contributed by atoms with Crippen molar-refractivity contribution in [1.82, 2.24) is 4.90 Å². The summed E-state index contributed by atoms with van der Waals surface area (Å²) in [4.78, 5) is 13.4. The van der Waals surface area contributed by atoms with E-state index in [1.165, 1.54) is 6.08 Å². The summed E-state index contributed by atoms with van der Waals surface area (Å²) in [5.74, 6) is -0.236. The van der Waals surface area contributed by atoms with Crippen molar-refractivity contribution >= 4 is 5.97 Å². The van der Waals surface area contributed by atoms with Crippen LogP contribution in [0.25, 0.3) is 0 Å². The Morgan fingerprint density at radius 3 is 2.73 bits per heavy atom. The molecule has 3 nitrogen and oxygen atoms in total. The van der Waals surface area contributed by atoms with Crippen LogP contribution in [-0.2, 0) is 9.53 Å². The Morgan fingerprint density at radius 2 is 2.20 bits per heavy atom. The Hall–Kier alpha value is -0.830. The third-order valence-electron chi connectivity index (χ3n) is 2.18. The topological polar surface area (TPSA) is 29.3 Å². The molecule has 1 aliphatic rings. The van der Waals surface area contributed by atoms with Gasteiger partial charge in [-0.05, 0) is 12.3 Å². The molecule has 0 radical (unpaired) electrons. The van der Waals surface area contributed by atoms with Gasteiger partial charge in [-0.1, -0.05) is 26.8 Å². The predicted octanol–water partition coefficient (Wildman–Crippen LogP) is 1.84. The summed E-state index contributed by atoms with van der Waals surface area (Å²) in [6.45, 7) is 11.1. The molecule has 0 aliphatic carbocycles. The van der Waals surface area contributed by atoms with Crippen LogP contribution in [0.15, 0.2) is 12.2 Å². The van der Waals surface area contributed by atoms with Crippen molar-refractivity contribution in [2.45, 2.75) is 33.7 Å². The highest BCUT2D eigenvalue weighted by molar-refractivity contribution is 5.82. The third kappa shape index (κ3) is 4.98. The van der Waals surface area contributed by atoms with Crippen molar-refractivity contribution in [3.8, 4) is 0 Å². The number of carbonyl (C=O) groups excluding carboxylic acids is 1. The van der Waals surface area contributed by atoms with Crippen LogP contribution in [-0.4, -0.2) is 36.6 Å². The lowest BCUT2D eigenvalue weighted by Gasteiger charge is -2.18. The Morgan fingerprint density at radius 1 is 1.53 bits per heavy atom. The van der Waals surface area contributed by atoms with Gasteiger partial charge in [0.25, 0.3) is 0 Å². The second kappa shape index (κ2) is 4.79. The van der Waals surface area contributed by atoms with Crippen LogP contribution in [0.4, 0.5) is 0 Å². The fraction of sp³-hybridized carbons (Fsp3) is 0.750. The number of hydrogen-bond acceptors (Lipinski definition) is 3. The normalized spacial score (nSPS) is 25.6. The quantitative estimate of drug-likeness (QED) is 0.403. The molecule has 1 saturated heterocycles. The summed E-state index contributed by atoms with van der Waals surface area (Å²) in [7, 11) is 0. The molecule has 1 aliphatic heterocycles.